The van der Waals surface area contributed by atoms with Gasteiger partial charge in [-0.2, -0.15) is 8.42 Å². The van der Waals surface area contributed by atoms with Gasteiger partial charge in [0.1, 0.15) is 10.6 Å². The summed E-state index contributed by atoms with van der Waals surface area (Å²) in [6, 6.07) is 4.50. The van der Waals surface area contributed by atoms with Crippen LogP contribution in [0.5, 0.6) is 5.75 Å². The second kappa shape index (κ2) is 7.50. The van der Waals surface area contributed by atoms with E-state index < -0.39 is 10.1 Å². The third-order valence-corrected chi connectivity index (χ3v) is 4.12. The van der Waals surface area contributed by atoms with Gasteiger partial charge in [0.25, 0.3) is 10.1 Å². The quantitative estimate of drug-likeness (QED) is 0.566. The van der Waals surface area contributed by atoms with E-state index in [0.29, 0.717) is 12.0 Å². The van der Waals surface area contributed by atoms with E-state index in [1.165, 1.54) is 25.3 Å². The SMILES string of the molecule is CCCCCCCCc1cccc(O)c1S(=O)(=O)O. The molecule has 5 heteroatoms. The summed E-state index contributed by atoms with van der Waals surface area (Å²) in [5, 5.41) is 9.56. The molecule has 108 valence electrons. The highest BCUT2D eigenvalue weighted by Crippen LogP contribution is 2.27. The Balaban J connectivity index is 2.62. The molecule has 0 unspecified atom stereocenters. The average Bonchev–Trinajstić information content (AvgIpc) is 2.32. The normalized spacial score (nSPS) is 11.7. The molecule has 0 fully saturated rings. The minimum atomic E-state index is -4.37. The fraction of sp³-hybridized carbons (Fsp3) is 0.571. The molecule has 0 aliphatic rings. The number of aromatic hydroxyl groups is 1. The number of benzene rings is 1. The Bertz CT molecular complexity index is 494. The molecule has 2 N–H and O–H groups in total. The zero-order chi connectivity index (χ0) is 14.3. The van der Waals surface area contributed by atoms with Gasteiger partial charge in [-0.15, -0.1) is 0 Å². The summed E-state index contributed by atoms with van der Waals surface area (Å²) in [5.74, 6) is -0.383. The number of rotatable bonds is 8. The maximum absolute atomic E-state index is 11.2. The minimum Gasteiger partial charge on any atom is -0.506 e. The summed E-state index contributed by atoms with van der Waals surface area (Å²) in [6.45, 7) is 2.16. The minimum absolute atomic E-state index is 0.344. The van der Waals surface area contributed by atoms with Crippen molar-refractivity contribution in [1.82, 2.24) is 0 Å². The highest BCUT2D eigenvalue weighted by molar-refractivity contribution is 7.86. The molecular formula is C14H22O4S. The molecule has 0 saturated carbocycles. The van der Waals surface area contributed by atoms with Crippen molar-refractivity contribution >= 4 is 10.1 Å². The number of hydrogen-bond donors (Lipinski definition) is 2. The maximum atomic E-state index is 11.2. The Morgan fingerprint density at radius 3 is 2.32 bits per heavy atom. The number of unbranched alkanes of at least 4 members (excludes halogenated alkanes) is 5. The van der Waals surface area contributed by atoms with E-state index in [1.54, 1.807) is 12.1 Å². The van der Waals surface area contributed by atoms with Gasteiger partial charge in [-0.05, 0) is 24.5 Å². The van der Waals surface area contributed by atoms with Crippen LogP contribution in [0, 0.1) is 0 Å². The van der Waals surface area contributed by atoms with Crippen LogP contribution in [0.1, 0.15) is 51.0 Å². The molecule has 0 radical (unpaired) electrons. The van der Waals surface area contributed by atoms with Crippen molar-refractivity contribution in [2.75, 3.05) is 0 Å². The Labute approximate surface area is 115 Å². The van der Waals surface area contributed by atoms with Crippen LogP contribution in [0.4, 0.5) is 0 Å². The molecule has 4 nitrogen and oxygen atoms in total. The molecule has 0 bridgehead atoms. The largest absolute Gasteiger partial charge is 0.506 e. The van der Waals surface area contributed by atoms with Crippen molar-refractivity contribution in [3.05, 3.63) is 23.8 Å². The standard InChI is InChI=1S/C14H22O4S/c1-2-3-4-5-6-7-9-12-10-8-11-13(15)14(12)19(16,17)18/h8,10-11,15H,2-7,9H2,1H3,(H,16,17,18). The Morgan fingerprint density at radius 2 is 1.68 bits per heavy atom. The van der Waals surface area contributed by atoms with Gasteiger partial charge in [0.05, 0.1) is 0 Å². The molecule has 0 saturated heterocycles. The van der Waals surface area contributed by atoms with Gasteiger partial charge in [-0.1, -0.05) is 51.2 Å². The van der Waals surface area contributed by atoms with E-state index in [2.05, 4.69) is 6.92 Å². The number of hydrogen-bond acceptors (Lipinski definition) is 3. The van der Waals surface area contributed by atoms with Crippen LogP contribution in [-0.4, -0.2) is 18.1 Å². The molecule has 1 aromatic carbocycles. The van der Waals surface area contributed by atoms with Gasteiger partial charge < -0.3 is 5.11 Å². The number of phenols is 1. The predicted molar refractivity (Wildman–Crippen MR) is 75.0 cm³/mol. The highest BCUT2D eigenvalue weighted by atomic mass is 32.2. The van der Waals surface area contributed by atoms with Crippen molar-refractivity contribution in [3.8, 4) is 5.75 Å². The lowest BCUT2D eigenvalue weighted by atomic mass is 10.0. The summed E-state index contributed by atoms with van der Waals surface area (Å²) in [6.07, 6.45) is 7.18. The molecule has 1 rings (SSSR count). The Hall–Kier alpha value is -1.07. The van der Waals surface area contributed by atoms with Crippen LogP contribution in [0.3, 0.4) is 0 Å². The first-order chi connectivity index (χ1) is 8.96. The Morgan fingerprint density at radius 1 is 1.05 bits per heavy atom. The second-order valence-electron chi connectivity index (χ2n) is 4.76. The molecule has 0 amide bonds. The van der Waals surface area contributed by atoms with Crippen LogP contribution in [0.2, 0.25) is 0 Å². The summed E-state index contributed by atoms with van der Waals surface area (Å²) < 4.78 is 31.6. The lowest BCUT2D eigenvalue weighted by molar-refractivity contribution is 0.440. The summed E-state index contributed by atoms with van der Waals surface area (Å²) >= 11 is 0. The summed E-state index contributed by atoms with van der Waals surface area (Å²) in [4.78, 5) is -0.344. The highest BCUT2D eigenvalue weighted by Gasteiger charge is 2.19. The molecule has 0 heterocycles. The van der Waals surface area contributed by atoms with Crippen LogP contribution < -0.4 is 0 Å². The van der Waals surface area contributed by atoms with Gasteiger partial charge in [0.2, 0.25) is 0 Å². The molecule has 1 aromatic rings. The third-order valence-electron chi connectivity index (χ3n) is 3.13. The first-order valence-corrected chi connectivity index (χ1v) is 8.19. The molecule has 0 aromatic heterocycles. The third kappa shape index (κ3) is 5.20. The fourth-order valence-electron chi connectivity index (χ4n) is 2.16. The van der Waals surface area contributed by atoms with E-state index in [1.807, 2.05) is 0 Å². The molecule has 19 heavy (non-hydrogen) atoms. The van der Waals surface area contributed by atoms with Crippen molar-refractivity contribution in [2.24, 2.45) is 0 Å². The smallest absolute Gasteiger partial charge is 0.298 e. The molecular weight excluding hydrogens is 264 g/mol. The second-order valence-corrected chi connectivity index (χ2v) is 6.12. The lowest BCUT2D eigenvalue weighted by Crippen LogP contribution is -2.03. The first kappa shape index (κ1) is 16.0. The van der Waals surface area contributed by atoms with Crippen LogP contribution >= 0.6 is 0 Å². The van der Waals surface area contributed by atoms with E-state index >= 15 is 0 Å². The van der Waals surface area contributed by atoms with Gasteiger partial charge in [0.15, 0.2) is 0 Å². The lowest BCUT2D eigenvalue weighted by Gasteiger charge is -2.08. The van der Waals surface area contributed by atoms with Crippen molar-refractivity contribution in [2.45, 2.75) is 56.8 Å². The predicted octanol–water partition coefficient (Wildman–Crippen LogP) is 3.54. The average molecular weight is 286 g/mol. The molecule has 0 aliphatic carbocycles. The molecule has 0 atom stereocenters. The monoisotopic (exact) mass is 286 g/mol. The van der Waals surface area contributed by atoms with Crippen LogP contribution in [-0.2, 0) is 16.5 Å². The number of phenolic OH excluding ortho intramolecular Hbond substituents is 1. The van der Waals surface area contributed by atoms with E-state index in [9.17, 15) is 13.5 Å². The zero-order valence-corrected chi connectivity index (χ0v) is 12.1. The van der Waals surface area contributed by atoms with E-state index in [4.69, 9.17) is 4.55 Å². The fourth-order valence-corrected chi connectivity index (χ4v) is 3.00. The first-order valence-electron chi connectivity index (χ1n) is 6.75. The number of aryl methyl sites for hydroxylation is 1. The summed E-state index contributed by atoms with van der Waals surface area (Å²) in [5.41, 5.74) is 0.484. The van der Waals surface area contributed by atoms with Gasteiger partial charge in [-0.3, -0.25) is 4.55 Å². The van der Waals surface area contributed by atoms with Crippen molar-refractivity contribution in [3.63, 3.8) is 0 Å². The molecule has 0 spiro atoms. The van der Waals surface area contributed by atoms with Crippen molar-refractivity contribution in [1.29, 1.82) is 0 Å². The topological polar surface area (TPSA) is 74.6 Å². The van der Waals surface area contributed by atoms with Gasteiger partial charge in [0, 0.05) is 0 Å². The zero-order valence-electron chi connectivity index (χ0n) is 11.3. The van der Waals surface area contributed by atoms with E-state index in [-0.39, 0.29) is 10.6 Å². The van der Waals surface area contributed by atoms with Gasteiger partial charge >= 0.3 is 0 Å². The van der Waals surface area contributed by atoms with E-state index in [0.717, 1.165) is 19.3 Å². The molecule has 0 aliphatic heterocycles. The van der Waals surface area contributed by atoms with Crippen molar-refractivity contribution < 1.29 is 18.1 Å². The maximum Gasteiger partial charge on any atom is 0.298 e. The van der Waals surface area contributed by atoms with Crippen LogP contribution in [0.15, 0.2) is 23.1 Å². The summed E-state index contributed by atoms with van der Waals surface area (Å²) in [7, 11) is -4.37. The Kier molecular flexibility index (Phi) is 6.31. The van der Waals surface area contributed by atoms with Crippen LogP contribution in [0.25, 0.3) is 0 Å². The van der Waals surface area contributed by atoms with Gasteiger partial charge in [-0.25, -0.2) is 0 Å².